The molecule has 0 atom stereocenters. The van der Waals surface area contributed by atoms with Gasteiger partial charge < -0.3 is 4.74 Å². The number of aromatic nitrogens is 2. The topological polar surface area (TPSA) is 35.0 Å². The zero-order valence-electron chi connectivity index (χ0n) is 11.2. The number of ether oxygens (including phenoxy) is 1. The van der Waals surface area contributed by atoms with Crippen molar-refractivity contribution in [1.29, 1.82) is 0 Å². The summed E-state index contributed by atoms with van der Waals surface area (Å²) in [5.74, 6) is 0.674. The Morgan fingerprint density at radius 1 is 0.905 bits per heavy atom. The third-order valence-corrected chi connectivity index (χ3v) is 3.39. The molecule has 0 aliphatic rings. The molecule has 0 saturated carbocycles. The molecule has 3 nitrogen and oxygen atoms in total. The summed E-state index contributed by atoms with van der Waals surface area (Å²) >= 11 is 3.31. The lowest BCUT2D eigenvalue weighted by atomic mass is 10.1. The molecule has 0 aliphatic heterocycles. The number of nitrogens with zero attached hydrogens (tertiary/aromatic N) is 2. The standard InChI is InChI=1S/C17H13BrN2O/c18-17-19-11-15(21-12-13-7-3-1-4-8-13)16(20-17)14-9-5-2-6-10-14/h1-11H,12H2. The highest BCUT2D eigenvalue weighted by molar-refractivity contribution is 9.10. The van der Waals surface area contributed by atoms with Crippen molar-refractivity contribution in [2.45, 2.75) is 6.61 Å². The molecule has 0 bridgehead atoms. The number of rotatable bonds is 4. The molecule has 0 spiro atoms. The van der Waals surface area contributed by atoms with E-state index >= 15 is 0 Å². The van der Waals surface area contributed by atoms with Crippen molar-refractivity contribution in [3.05, 3.63) is 77.2 Å². The molecule has 0 aliphatic carbocycles. The van der Waals surface area contributed by atoms with Crippen molar-refractivity contribution in [2.24, 2.45) is 0 Å². The first-order valence-corrected chi connectivity index (χ1v) is 7.37. The van der Waals surface area contributed by atoms with E-state index in [0.717, 1.165) is 16.8 Å². The summed E-state index contributed by atoms with van der Waals surface area (Å²) in [5.41, 5.74) is 2.90. The lowest BCUT2D eigenvalue weighted by molar-refractivity contribution is 0.305. The Kier molecular flexibility index (Phi) is 4.26. The van der Waals surface area contributed by atoms with Crippen LogP contribution in [0.25, 0.3) is 11.3 Å². The molecule has 0 fully saturated rings. The summed E-state index contributed by atoms with van der Waals surface area (Å²) in [6.45, 7) is 0.492. The smallest absolute Gasteiger partial charge is 0.197 e. The summed E-state index contributed by atoms with van der Waals surface area (Å²) in [6.07, 6.45) is 1.70. The van der Waals surface area contributed by atoms with Crippen LogP contribution in [-0.4, -0.2) is 9.97 Å². The Morgan fingerprint density at radius 3 is 2.29 bits per heavy atom. The minimum Gasteiger partial charge on any atom is -0.485 e. The van der Waals surface area contributed by atoms with Crippen LogP contribution < -0.4 is 4.74 Å². The maximum absolute atomic E-state index is 5.89. The maximum Gasteiger partial charge on any atom is 0.197 e. The molecule has 21 heavy (non-hydrogen) atoms. The van der Waals surface area contributed by atoms with Gasteiger partial charge in [-0.2, -0.15) is 0 Å². The van der Waals surface area contributed by atoms with Crippen LogP contribution in [0.5, 0.6) is 5.75 Å². The molecule has 3 aromatic rings. The van der Waals surface area contributed by atoms with E-state index in [0.29, 0.717) is 17.1 Å². The highest BCUT2D eigenvalue weighted by Crippen LogP contribution is 2.28. The van der Waals surface area contributed by atoms with E-state index in [-0.39, 0.29) is 0 Å². The Morgan fingerprint density at radius 2 is 1.57 bits per heavy atom. The average molecular weight is 341 g/mol. The zero-order valence-corrected chi connectivity index (χ0v) is 12.8. The first kappa shape index (κ1) is 13.8. The summed E-state index contributed by atoms with van der Waals surface area (Å²) in [5, 5.41) is 0. The van der Waals surface area contributed by atoms with Gasteiger partial charge in [-0.25, -0.2) is 9.97 Å². The van der Waals surface area contributed by atoms with Gasteiger partial charge in [-0.05, 0) is 21.5 Å². The van der Waals surface area contributed by atoms with E-state index in [1.807, 2.05) is 60.7 Å². The van der Waals surface area contributed by atoms with E-state index in [1.54, 1.807) is 6.20 Å². The van der Waals surface area contributed by atoms with Crippen molar-refractivity contribution in [1.82, 2.24) is 9.97 Å². The summed E-state index contributed by atoms with van der Waals surface area (Å²) in [7, 11) is 0. The molecular formula is C17H13BrN2O. The van der Waals surface area contributed by atoms with Crippen LogP contribution >= 0.6 is 15.9 Å². The Hall–Kier alpha value is -2.20. The minimum absolute atomic E-state index is 0.492. The van der Waals surface area contributed by atoms with E-state index in [4.69, 9.17) is 4.74 Å². The molecule has 2 aromatic carbocycles. The first-order valence-electron chi connectivity index (χ1n) is 6.57. The molecule has 0 amide bonds. The highest BCUT2D eigenvalue weighted by Gasteiger charge is 2.10. The number of benzene rings is 2. The van der Waals surface area contributed by atoms with Gasteiger partial charge in [0.2, 0.25) is 0 Å². The molecule has 1 heterocycles. The fourth-order valence-electron chi connectivity index (χ4n) is 1.99. The lowest BCUT2D eigenvalue weighted by Gasteiger charge is -2.10. The van der Waals surface area contributed by atoms with E-state index in [1.165, 1.54) is 0 Å². The van der Waals surface area contributed by atoms with E-state index in [2.05, 4.69) is 25.9 Å². The molecule has 4 heteroatoms. The molecule has 0 unspecified atom stereocenters. The average Bonchev–Trinajstić information content (AvgIpc) is 2.55. The fourth-order valence-corrected chi connectivity index (χ4v) is 2.27. The predicted molar refractivity (Wildman–Crippen MR) is 85.9 cm³/mol. The van der Waals surface area contributed by atoms with Gasteiger partial charge in [0, 0.05) is 5.56 Å². The fraction of sp³-hybridized carbons (Fsp3) is 0.0588. The van der Waals surface area contributed by atoms with E-state index < -0.39 is 0 Å². The van der Waals surface area contributed by atoms with Crippen LogP contribution in [0.4, 0.5) is 0 Å². The van der Waals surface area contributed by atoms with Gasteiger partial charge in [0.05, 0.1) is 6.20 Å². The second kappa shape index (κ2) is 6.50. The Balaban J connectivity index is 1.88. The number of halogens is 1. The van der Waals surface area contributed by atoms with Crippen LogP contribution in [0.15, 0.2) is 71.6 Å². The first-order chi connectivity index (χ1) is 10.3. The second-order valence-electron chi connectivity index (χ2n) is 4.49. The molecular weight excluding hydrogens is 328 g/mol. The molecule has 0 radical (unpaired) electrons. The van der Waals surface area contributed by atoms with Crippen molar-refractivity contribution < 1.29 is 4.74 Å². The highest BCUT2D eigenvalue weighted by atomic mass is 79.9. The van der Waals surface area contributed by atoms with Gasteiger partial charge in [0.15, 0.2) is 10.5 Å². The summed E-state index contributed by atoms with van der Waals surface area (Å²) in [6, 6.07) is 20.0. The minimum atomic E-state index is 0.492. The molecule has 104 valence electrons. The third kappa shape index (κ3) is 3.47. The van der Waals surface area contributed by atoms with Crippen LogP contribution in [0.2, 0.25) is 0 Å². The zero-order chi connectivity index (χ0) is 14.5. The Bertz CT molecular complexity index is 717. The van der Waals surface area contributed by atoms with Gasteiger partial charge in [0.1, 0.15) is 12.3 Å². The van der Waals surface area contributed by atoms with Crippen molar-refractivity contribution in [3.8, 4) is 17.0 Å². The summed E-state index contributed by atoms with van der Waals surface area (Å²) < 4.78 is 6.44. The second-order valence-corrected chi connectivity index (χ2v) is 5.20. The van der Waals surface area contributed by atoms with Crippen molar-refractivity contribution in [3.63, 3.8) is 0 Å². The van der Waals surface area contributed by atoms with Crippen LogP contribution in [-0.2, 0) is 6.61 Å². The largest absolute Gasteiger partial charge is 0.485 e. The SMILES string of the molecule is Brc1ncc(OCc2ccccc2)c(-c2ccccc2)n1. The van der Waals surface area contributed by atoms with Gasteiger partial charge in [-0.15, -0.1) is 0 Å². The van der Waals surface area contributed by atoms with Gasteiger partial charge in [0.25, 0.3) is 0 Å². The predicted octanol–water partition coefficient (Wildman–Crippen LogP) is 4.49. The molecule has 0 saturated heterocycles. The normalized spacial score (nSPS) is 10.3. The van der Waals surface area contributed by atoms with Gasteiger partial charge in [-0.1, -0.05) is 60.7 Å². The Labute approximate surface area is 131 Å². The lowest BCUT2D eigenvalue weighted by Crippen LogP contribution is -1.99. The van der Waals surface area contributed by atoms with Gasteiger partial charge in [-0.3, -0.25) is 0 Å². The van der Waals surface area contributed by atoms with Crippen molar-refractivity contribution in [2.75, 3.05) is 0 Å². The van der Waals surface area contributed by atoms with Crippen LogP contribution in [0.1, 0.15) is 5.56 Å². The van der Waals surface area contributed by atoms with Gasteiger partial charge >= 0.3 is 0 Å². The monoisotopic (exact) mass is 340 g/mol. The quantitative estimate of drug-likeness (QED) is 0.656. The summed E-state index contributed by atoms with van der Waals surface area (Å²) in [4.78, 5) is 8.59. The number of hydrogen-bond donors (Lipinski definition) is 0. The molecule has 3 rings (SSSR count). The third-order valence-electron chi connectivity index (χ3n) is 3.01. The van der Waals surface area contributed by atoms with Crippen LogP contribution in [0, 0.1) is 0 Å². The molecule has 1 aromatic heterocycles. The molecule has 0 N–H and O–H groups in total. The number of hydrogen-bond acceptors (Lipinski definition) is 3. The van der Waals surface area contributed by atoms with E-state index in [9.17, 15) is 0 Å². The maximum atomic E-state index is 5.89. The van der Waals surface area contributed by atoms with Crippen molar-refractivity contribution >= 4 is 15.9 Å². The van der Waals surface area contributed by atoms with Crippen LogP contribution in [0.3, 0.4) is 0 Å².